The number of halogens is 1. The molecule has 0 bridgehead atoms. The van der Waals surface area contributed by atoms with Crippen molar-refractivity contribution < 1.29 is 19.8 Å². The fraction of sp³-hybridized carbons (Fsp3) is 0. The third kappa shape index (κ3) is 20.8. The molecule has 0 atom stereocenters. The van der Waals surface area contributed by atoms with Crippen molar-refractivity contribution in [2.45, 2.75) is 0 Å². The van der Waals surface area contributed by atoms with Crippen molar-refractivity contribution in [3.05, 3.63) is 141 Å². The highest BCUT2D eigenvalue weighted by Crippen LogP contribution is 2.09. The molecular weight excluding hydrogens is 478 g/mol. The van der Waals surface area contributed by atoms with Gasteiger partial charge in [0.15, 0.2) is 19.9 Å². The topological polar surface area (TPSA) is 182 Å². The minimum absolute atomic E-state index is 0. The van der Waals surface area contributed by atoms with Gasteiger partial charge in [0.25, 0.3) is 0 Å². The molecule has 0 aliphatic carbocycles. The first-order chi connectivity index (χ1) is 17.5. The van der Waals surface area contributed by atoms with Crippen LogP contribution in [0.1, 0.15) is 0 Å². The van der Waals surface area contributed by atoms with Gasteiger partial charge in [-0.05, 0) is 0 Å². The predicted molar refractivity (Wildman–Crippen MR) is 130 cm³/mol. The molecular formula is C24H20BFN8O3. The summed E-state index contributed by atoms with van der Waals surface area (Å²) in [5.74, 6) is 0. The van der Waals surface area contributed by atoms with Crippen molar-refractivity contribution in [3.8, 4) is 0 Å². The van der Waals surface area contributed by atoms with Gasteiger partial charge in [0.05, 0.1) is 0 Å². The molecule has 4 aromatic rings. The molecule has 0 saturated heterocycles. The molecule has 0 spiro atoms. The lowest BCUT2D eigenvalue weighted by atomic mass is 10.3. The second kappa shape index (κ2) is 23.6. The molecule has 0 radical (unpaired) electrons. The molecule has 0 aliphatic rings. The summed E-state index contributed by atoms with van der Waals surface area (Å²) in [5, 5.41) is 57.9. The maximum Gasteiger partial charge on any atom is 0.385 e. The first kappa shape index (κ1) is 33.6. The molecule has 184 valence electrons. The number of hydrogen-bond acceptors (Lipinski definition) is 7. The summed E-state index contributed by atoms with van der Waals surface area (Å²) in [7, 11) is -2.92. The lowest BCUT2D eigenvalue weighted by molar-refractivity contribution is -0.479. The van der Waals surface area contributed by atoms with Crippen LogP contribution in [0.5, 0.6) is 0 Å². The van der Waals surface area contributed by atoms with Crippen LogP contribution in [0.25, 0.3) is 19.9 Å². The summed E-state index contributed by atoms with van der Waals surface area (Å²) in [5.41, 5.74) is 2.36. The van der Waals surface area contributed by atoms with Crippen molar-refractivity contribution >= 4 is 30.1 Å². The lowest BCUT2D eigenvalue weighted by Crippen LogP contribution is -3.00. The molecule has 0 N–H and O–H groups in total. The van der Waals surface area contributed by atoms with Gasteiger partial charge in [0, 0.05) is 48.5 Å². The molecule has 0 heterocycles. The first-order valence-electron chi connectivity index (χ1n) is 10.0. The molecule has 37 heavy (non-hydrogen) atoms. The number of rotatable bonds is 0. The van der Waals surface area contributed by atoms with Crippen LogP contribution in [-0.2, 0) is 0 Å². The summed E-state index contributed by atoms with van der Waals surface area (Å²) in [6, 6.07) is 35.8. The molecule has 0 fully saturated rings. The summed E-state index contributed by atoms with van der Waals surface area (Å²) in [4.78, 5) is 11.9. The van der Waals surface area contributed by atoms with E-state index in [1.54, 1.807) is 48.5 Å². The zero-order chi connectivity index (χ0) is 26.9. The molecule has 0 aliphatic heterocycles. The van der Waals surface area contributed by atoms with Gasteiger partial charge in [-0.2, -0.15) is 0 Å². The Labute approximate surface area is 213 Å². The van der Waals surface area contributed by atoms with Crippen LogP contribution in [0.4, 0.5) is 22.7 Å². The van der Waals surface area contributed by atoms with Gasteiger partial charge in [-0.25, -0.2) is 0 Å². The third-order valence-electron chi connectivity index (χ3n) is 3.49. The van der Waals surface area contributed by atoms with E-state index >= 15 is 0 Å². The Hall–Kier alpha value is -5.57. The minimum atomic E-state index is -2.92. The molecule has 0 unspecified atom stereocenters. The standard InChI is InChI=1S/4C6H5N2.BO3.FH/c4*7-8-6-4-2-1-3-5-6;2-1(3)4;/h4*1-5H;;1H/q4*+1;-3;/p-1. The molecule has 11 nitrogen and oxygen atoms in total. The lowest BCUT2D eigenvalue weighted by Gasteiger charge is -2.35. The predicted octanol–water partition coefficient (Wildman–Crippen LogP) is 1.74. The minimum Gasteiger partial charge on any atom is -1.00 e. The first-order valence-corrected chi connectivity index (χ1v) is 10.0. The van der Waals surface area contributed by atoms with E-state index in [4.69, 9.17) is 36.6 Å². The zero-order valence-electron chi connectivity index (χ0n) is 19.3. The average molecular weight is 498 g/mol. The SMILES string of the molecule is N#[N+]c1ccccc1.N#[N+]c1ccccc1.N#[N+]c1ccccc1.N#[N+]c1ccccc1.[F-].[O-]B([O-])[O-]. The quantitative estimate of drug-likeness (QED) is 0.261. The number of nitrogens with zero attached hydrogens (tertiary/aromatic N) is 8. The van der Waals surface area contributed by atoms with Crippen LogP contribution in [0.15, 0.2) is 121 Å². The van der Waals surface area contributed by atoms with Gasteiger partial charge < -0.3 is 19.8 Å². The Kier molecular flexibility index (Phi) is 21.4. The smallest absolute Gasteiger partial charge is 0.385 e. The number of diazo groups is 4. The van der Waals surface area contributed by atoms with E-state index in [9.17, 15) is 0 Å². The number of hydrogen-bond donors (Lipinski definition) is 0. The van der Waals surface area contributed by atoms with Gasteiger partial charge in [-0.3, -0.25) is 7.32 Å². The Morgan fingerprint density at radius 2 is 0.514 bits per heavy atom. The second-order valence-electron chi connectivity index (χ2n) is 6.03. The van der Waals surface area contributed by atoms with E-state index in [-0.39, 0.29) is 4.70 Å². The van der Waals surface area contributed by atoms with Crippen molar-refractivity contribution in [3.63, 3.8) is 0 Å². The van der Waals surface area contributed by atoms with Gasteiger partial charge in [0.2, 0.25) is 21.6 Å². The molecule has 4 aromatic carbocycles. The van der Waals surface area contributed by atoms with Gasteiger partial charge >= 0.3 is 22.7 Å². The highest BCUT2D eigenvalue weighted by Gasteiger charge is 1.97. The Morgan fingerprint density at radius 3 is 0.595 bits per heavy atom. The van der Waals surface area contributed by atoms with E-state index in [0.717, 1.165) is 0 Å². The largest absolute Gasteiger partial charge is 1.00 e. The Balaban J connectivity index is 0. The molecule has 0 aromatic heterocycles. The zero-order valence-corrected chi connectivity index (χ0v) is 19.3. The van der Waals surface area contributed by atoms with Crippen LogP contribution in [0.3, 0.4) is 0 Å². The fourth-order valence-electron chi connectivity index (χ4n) is 1.98. The molecule has 4 rings (SSSR count). The van der Waals surface area contributed by atoms with Crippen molar-refractivity contribution in [1.82, 2.24) is 0 Å². The van der Waals surface area contributed by atoms with Crippen molar-refractivity contribution in [1.29, 1.82) is 21.6 Å². The summed E-state index contributed by atoms with van der Waals surface area (Å²) in [6.07, 6.45) is 0. The summed E-state index contributed by atoms with van der Waals surface area (Å²) < 4.78 is 0. The van der Waals surface area contributed by atoms with Crippen LogP contribution < -0.4 is 19.8 Å². The van der Waals surface area contributed by atoms with Crippen molar-refractivity contribution in [2.75, 3.05) is 0 Å². The van der Waals surface area contributed by atoms with Crippen molar-refractivity contribution in [2.24, 2.45) is 0 Å². The highest BCUT2D eigenvalue weighted by molar-refractivity contribution is 6.24. The van der Waals surface area contributed by atoms with E-state index < -0.39 is 7.32 Å². The van der Waals surface area contributed by atoms with Crippen LogP contribution in [0, 0.1) is 21.6 Å². The number of benzene rings is 4. The monoisotopic (exact) mass is 498 g/mol. The van der Waals surface area contributed by atoms with Gasteiger partial charge in [-0.1, -0.05) is 72.8 Å². The van der Waals surface area contributed by atoms with E-state index in [1.807, 2.05) is 72.8 Å². The maximum atomic E-state index is 8.42. The van der Waals surface area contributed by atoms with E-state index in [1.165, 1.54) is 0 Å². The van der Waals surface area contributed by atoms with E-state index in [0.29, 0.717) is 22.7 Å². The maximum absolute atomic E-state index is 8.42. The van der Waals surface area contributed by atoms with Gasteiger partial charge in [0.1, 0.15) is 0 Å². The molecule has 13 heteroatoms. The Bertz CT molecular complexity index is 1060. The molecule has 0 saturated carbocycles. The third-order valence-corrected chi connectivity index (χ3v) is 3.49. The fourth-order valence-corrected chi connectivity index (χ4v) is 1.98. The second-order valence-corrected chi connectivity index (χ2v) is 6.03. The van der Waals surface area contributed by atoms with E-state index in [2.05, 4.69) is 19.9 Å². The average Bonchev–Trinajstić information content (AvgIpc) is 2.95. The van der Waals surface area contributed by atoms with Crippen LogP contribution in [-0.4, -0.2) is 7.32 Å². The normalized spacial score (nSPS) is 7.54. The van der Waals surface area contributed by atoms with Gasteiger partial charge in [-0.15, -0.1) is 0 Å². The van der Waals surface area contributed by atoms with Crippen LogP contribution in [0.2, 0.25) is 0 Å². The highest BCUT2D eigenvalue weighted by atomic mass is 19.0. The van der Waals surface area contributed by atoms with Crippen LogP contribution >= 0.6 is 0 Å². The molecule has 0 amide bonds. The summed E-state index contributed by atoms with van der Waals surface area (Å²) >= 11 is 0. The Morgan fingerprint density at radius 1 is 0.378 bits per heavy atom. The summed E-state index contributed by atoms with van der Waals surface area (Å²) in [6.45, 7) is 0.